The predicted molar refractivity (Wildman–Crippen MR) is 120 cm³/mol. The summed E-state index contributed by atoms with van der Waals surface area (Å²) in [5, 5.41) is 15.1. The molecule has 1 amide bonds. The fraction of sp³-hybridized carbons (Fsp3) is 0.333. The van der Waals surface area contributed by atoms with Crippen LogP contribution in [-0.4, -0.2) is 11.4 Å². The van der Waals surface area contributed by atoms with E-state index in [1.54, 1.807) is 0 Å². The van der Waals surface area contributed by atoms with E-state index in [1.165, 1.54) is 0 Å². The molecule has 0 aromatic heterocycles. The molecule has 150 valence electrons. The van der Waals surface area contributed by atoms with E-state index < -0.39 is 0 Å². The van der Waals surface area contributed by atoms with Gasteiger partial charge in [0.15, 0.2) is 0 Å². The molecule has 6 rings (SSSR count). The van der Waals surface area contributed by atoms with Gasteiger partial charge in [0.2, 0.25) is 0 Å². The Hall–Kier alpha value is -3.12. The Balaban J connectivity index is 1.56. The van der Waals surface area contributed by atoms with Crippen molar-refractivity contribution < 1.29 is 4.79 Å². The number of benzene rings is 3. The van der Waals surface area contributed by atoms with Crippen molar-refractivity contribution in [3.8, 4) is 17.2 Å². The van der Waals surface area contributed by atoms with Crippen molar-refractivity contribution in [1.29, 1.82) is 5.26 Å². The van der Waals surface area contributed by atoms with E-state index in [4.69, 9.17) is 0 Å². The van der Waals surface area contributed by atoms with Gasteiger partial charge in [0.25, 0.3) is 5.91 Å². The van der Waals surface area contributed by atoms with Crippen LogP contribution in [0.3, 0.4) is 0 Å². The first-order valence-corrected chi connectivity index (χ1v) is 10.9. The quantitative estimate of drug-likeness (QED) is 0.578. The maximum absolute atomic E-state index is 13.7. The molecule has 3 fully saturated rings. The summed E-state index contributed by atoms with van der Waals surface area (Å²) in [5.41, 5.74) is 3.72. The fourth-order valence-corrected chi connectivity index (χ4v) is 5.51. The van der Waals surface area contributed by atoms with Crippen LogP contribution in [0.5, 0.6) is 0 Å². The number of fused-ring (bicyclic) bond motifs is 4. The van der Waals surface area contributed by atoms with Crippen molar-refractivity contribution in [1.82, 2.24) is 5.32 Å². The fourth-order valence-electron chi connectivity index (χ4n) is 5.51. The second-order valence-corrected chi connectivity index (χ2v) is 9.14. The zero-order valence-corrected chi connectivity index (χ0v) is 17.4. The lowest BCUT2D eigenvalue weighted by Gasteiger charge is -2.50. The number of hydrogen-bond donors (Lipinski definition) is 1. The third-order valence-electron chi connectivity index (χ3n) is 7.48. The monoisotopic (exact) mass is 394 g/mol. The molecule has 3 saturated carbocycles. The Labute approximate surface area is 177 Å². The lowest BCUT2D eigenvalue weighted by atomic mass is 9.58. The molecular formula is C27H26N2O. The van der Waals surface area contributed by atoms with Crippen LogP contribution >= 0.6 is 0 Å². The molecule has 0 spiro atoms. The molecule has 0 heterocycles. The number of carbonyl (C=O) groups is 1. The van der Waals surface area contributed by atoms with E-state index in [1.807, 2.05) is 36.4 Å². The van der Waals surface area contributed by atoms with Gasteiger partial charge in [-0.2, -0.15) is 5.26 Å². The highest BCUT2D eigenvalue weighted by atomic mass is 16.1. The molecule has 2 bridgehead atoms. The number of rotatable bonds is 3. The van der Waals surface area contributed by atoms with Gasteiger partial charge in [-0.1, -0.05) is 54.6 Å². The molecule has 3 aromatic carbocycles. The van der Waals surface area contributed by atoms with Crippen LogP contribution < -0.4 is 5.32 Å². The molecule has 0 saturated heterocycles. The van der Waals surface area contributed by atoms with Crippen molar-refractivity contribution in [2.24, 2.45) is 5.41 Å². The van der Waals surface area contributed by atoms with E-state index in [0.717, 1.165) is 71.6 Å². The van der Waals surface area contributed by atoms with E-state index in [2.05, 4.69) is 42.6 Å². The number of amides is 1. The molecule has 3 heteroatoms. The highest BCUT2D eigenvalue weighted by Crippen LogP contribution is 2.52. The number of nitrogens with one attached hydrogen (secondary N) is 1. The maximum Gasteiger partial charge on any atom is 0.252 e. The Kier molecular flexibility index (Phi) is 4.40. The molecule has 0 radical (unpaired) electrons. The zero-order chi connectivity index (χ0) is 20.8. The second-order valence-electron chi connectivity index (χ2n) is 9.14. The van der Waals surface area contributed by atoms with Crippen LogP contribution in [-0.2, 0) is 0 Å². The Morgan fingerprint density at radius 1 is 0.933 bits per heavy atom. The molecule has 0 atom stereocenters. The summed E-state index contributed by atoms with van der Waals surface area (Å²) >= 11 is 0. The maximum atomic E-state index is 13.7. The van der Waals surface area contributed by atoms with E-state index in [9.17, 15) is 10.1 Å². The summed E-state index contributed by atoms with van der Waals surface area (Å²) in [4.78, 5) is 13.7. The van der Waals surface area contributed by atoms with Crippen LogP contribution in [0.4, 0.5) is 0 Å². The molecule has 1 N–H and O–H groups in total. The van der Waals surface area contributed by atoms with Crippen molar-refractivity contribution in [3.63, 3.8) is 0 Å². The van der Waals surface area contributed by atoms with Gasteiger partial charge in [0.1, 0.15) is 0 Å². The summed E-state index contributed by atoms with van der Waals surface area (Å²) in [5.74, 6) is 0.0211. The van der Waals surface area contributed by atoms with Crippen LogP contribution in [0.2, 0.25) is 0 Å². The van der Waals surface area contributed by atoms with Crippen LogP contribution in [0, 0.1) is 23.7 Å². The molecule has 3 aliphatic rings. The lowest BCUT2D eigenvalue weighted by Crippen LogP contribution is -2.56. The average Bonchev–Trinajstić information content (AvgIpc) is 2.80. The number of carbonyl (C=O) groups excluding carboxylic acids is 1. The van der Waals surface area contributed by atoms with Crippen molar-refractivity contribution in [3.05, 3.63) is 71.8 Å². The van der Waals surface area contributed by atoms with Gasteiger partial charge < -0.3 is 5.32 Å². The van der Waals surface area contributed by atoms with Crippen molar-refractivity contribution in [2.75, 3.05) is 0 Å². The third kappa shape index (κ3) is 2.99. The molecule has 30 heavy (non-hydrogen) atoms. The molecule has 3 aromatic rings. The highest BCUT2D eigenvalue weighted by molar-refractivity contribution is 6.10. The van der Waals surface area contributed by atoms with Crippen molar-refractivity contribution in [2.45, 2.75) is 51.0 Å². The number of nitriles is 1. The number of hydrogen-bond acceptors (Lipinski definition) is 2. The smallest absolute Gasteiger partial charge is 0.252 e. The zero-order valence-electron chi connectivity index (χ0n) is 17.4. The summed E-state index contributed by atoms with van der Waals surface area (Å²) < 4.78 is 0. The summed E-state index contributed by atoms with van der Waals surface area (Å²) in [6, 6.07) is 23.2. The standard InChI is InChI=1S/C27H26N2O/c1-19-23(20-7-3-2-4-8-20)17-21-9-5-6-10-22(21)24(19)25(30)29-27-14-11-26(18-28,12-15-27)13-16-27/h2-10,17H,11-16H2,1H3,(H,29,30). The van der Waals surface area contributed by atoms with Crippen LogP contribution in [0.15, 0.2) is 60.7 Å². The van der Waals surface area contributed by atoms with Gasteiger partial charge in [-0.3, -0.25) is 4.79 Å². The van der Waals surface area contributed by atoms with E-state index in [-0.39, 0.29) is 16.9 Å². The molecule has 0 aliphatic heterocycles. The van der Waals surface area contributed by atoms with Gasteiger partial charge >= 0.3 is 0 Å². The minimum Gasteiger partial charge on any atom is -0.347 e. The minimum absolute atomic E-state index is 0.0211. The second kappa shape index (κ2) is 6.99. The Bertz CT molecular complexity index is 1150. The Morgan fingerprint density at radius 3 is 2.23 bits per heavy atom. The van der Waals surface area contributed by atoms with Gasteiger partial charge in [-0.05, 0) is 79.0 Å². The molecule has 0 unspecified atom stereocenters. The minimum atomic E-state index is -0.161. The van der Waals surface area contributed by atoms with Crippen molar-refractivity contribution >= 4 is 16.7 Å². The first-order chi connectivity index (χ1) is 14.5. The summed E-state index contributed by atoms with van der Waals surface area (Å²) in [7, 11) is 0. The van der Waals surface area contributed by atoms with Gasteiger partial charge in [-0.25, -0.2) is 0 Å². The molecule has 3 aliphatic carbocycles. The largest absolute Gasteiger partial charge is 0.347 e. The van der Waals surface area contributed by atoms with Crippen LogP contribution in [0.25, 0.3) is 21.9 Å². The summed E-state index contributed by atoms with van der Waals surface area (Å²) in [6.45, 7) is 2.06. The first-order valence-electron chi connectivity index (χ1n) is 10.9. The normalized spacial score (nSPS) is 25.1. The highest BCUT2D eigenvalue weighted by Gasteiger charge is 2.49. The van der Waals surface area contributed by atoms with Gasteiger partial charge in [0, 0.05) is 5.54 Å². The average molecular weight is 395 g/mol. The molecular weight excluding hydrogens is 368 g/mol. The van der Waals surface area contributed by atoms with Crippen LogP contribution in [0.1, 0.15) is 54.4 Å². The van der Waals surface area contributed by atoms with E-state index in [0.29, 0.717) is 0 Å². The third-order valence-corrected chi connectivity index (χ3v) is 7.48. The number of nitrogens with zero attached hydrogens (tertiary/aromatic N) is 1. The van der Waals surface area contributed by atoms with E-state index >= 15 is 0 Å². The topological polar surface area (TPSA) is 52.9 Å². The molecule has 3 nitrogen and oxygen atoms in total. The SMILES string of the molecule is Cc1c(-c2ccccc2)cc2ccccc2c1C(=O)NC12CCC(C#N)(CC1)CC2. The lowest BCUT2D eigenvalue weighted by molar-refractivity contribution is 0.0522. The Morgan fingerprint density at radius 2 is 1.57 bits per heavy atom. The summed E-state index contributed by atoms with van der Waals surface area (Å²) in [6.07, 6.45) is 5.40. The predicted octanol–water partition coefficient (Wildman–Crippen LogP) is 6.16. The van der Waals surface area contributed by atoms with Gasteiger partial charge in [-0.15, -0.1) is 0 Å². The first kappa shape index (κ1) is 18.9. The van der Waals surface area contributed by atoms with Gasteiger partial charge in [0.05, 0.1) is 17.0 Å².